The number of carbonyl (C=O) groups excluding carboxylic acids is 1. The van der Waals surface area contributed by atoms with Crippen molar-refractivity contribution >= 4 is 17.4 Å². The maximum Gasteiger partial charge on any atom is 0.229 e. The third kappa shape index (κ3) is 4.60. The van der Waals surface area contributed by atoms with E-state index in [1.165, 1.54) is 0 Å². The monoisotopic (exact) mass is 418 g/mol. The first-order chi connectivity index (χ1) is 15.2. The van der Waals surface area contributed by atoms with E-state index in [1.807, 2.05) is 60.7 Å². The van der Waals surface area contributed by atoms with Crippen LogP contribution in [0.1, 0.15) is 12.8 Å². The van der Waals surface area contributed by atoms with E-state index in [-0.39, 0.29) is 11.8 Å². The van der Waals surface area contributed by atoms with E-state index in [0.29, 0.717) is 18.0 Å². The van der Waals surface area contributed by atoms with Gasteiger partial charge in [0.1, 0.15) is 11.5 Å². The van der Waals surface area contributed by atoms with Crippen molar-refractivity contribution < 1.29 is 14.3 Å². The number of anilines is 2. The van der Waals surface area contributed by atoms with E-state index in [4.69, 9.17) is 9.47 Å². The van der Waals surface area contributed by atoms with Crippen LogP contribution in [0.2, 0.25) is 0 Å². The Kier molecular flexibility index (Phi) is 6.31. The fourth-order valence-corrected chi connectivity index (χ4v) is 3.88. The van der Waals surface area contributed by atoms with Crippen LogP contribution in [0.5, 0.6) is 11.5 Å². The third-order valence-electron chi connectivity index (χ3n) is 5.51. The minimum Gasteiger partial charge on any atom is -0.496 e. The van der Waals surface area contributed by atoms with Gasteiger partial charge in [-0.3, -0.25) is 4.79 Å². The summed E-state index contributed by atoms with van der Waals surface area (Å²) in [4.78, 5) is 15.0. The predicted molar refractivity (Wildman–Crippen MR) is 121 cm³/mol. The van der Waals surface area contributed by atoms with E-state index in [1.54, 1.807) is 14.2 Å². The number of piperidine rings is 1. The lowest BCUT2D eigenvalue weighted by Crippen LogP contribution is -2.41. The second-order valence-electron chi connectivity index (χ2n) is 7.45. The number of amides is 1. The topological polar surface area (TPSA) is 76.6 Å². The van der Waals surface area contributed by atoms with E-state index in [2.05, 4.69) is 20.4 Å². The van der Waals surface area contributed by atoms with Gasteiger partial charge in [-0.2, -0.15) is 0 Å². The van der Waals surface area contributed by atoms with Crippen molar-refractivity contribution in [2.75, 3.05) is 37.5 Å². The van der Waals surface area contributed by atoms with E-state index in [0.717, 1.165) is 42.2 Å². The van der Waals surface area contributed by atoms with E-state index >= 15 is 0 Å². The number of benzene rings is 2. The molecule has 1 aliphatic rings. The van der Waals surface area contributed by atoms with Crippen LogP contribution in [0.15, 0.2) is 60.7 Å². The van der Waals surface area contributed by atoms with Crippen LogP contribution in [0.3, 0.4) is 0 Å². The molecule has 3 aromatic rings. The molecule has 2 aromatic carbocycles. The number of carbonyl (C=O) groups is 1. The molecule has 1 fully saturated rings. The van der Waals surface area contributed by atoms with Crippen molar-refractivity contribution in [1.29, 1.82) is 0 Å². The smallest absolute Gasteiger partial charge is 0.229 e. The average molecular weight is 418 g/mol. The molecule has 0 saturated carbocycles. The summed E-state index contributed by atoms with van der Waals surface area (Å²) in [5.74, 6) is 2.05. The molecule has 160 valence electrons. The highest BCUT2D eigenvalue weighted by Gasteiger charge is 2.27. The number of ether oxygens (including phenoxy) is 2. The maximum absolute atomic E-state index is 12.9. The van der Waals surface area contributed by atoms with Crippen molar-refractivity contribution in [2.45, 2.75) is 12.8 Å². The number of hydrogen-bond acceptors (Lipinski definition) is 6. The summed E-state index contributed by atoms with van der Waals surface area (Å²) in [5, 5.41) is 11.8. The van der Waals surface area contributed by atoms with Crippen LogP contribution in [0.25, 0.3) is 11.3 Å². The molecule has 0 aliphatic carbocycles. The van der Waals surface area contributed by atoms with Gasteiger partial charge in [-0.05, 0) is 49.2 Å². The molecule has 7 nitrogen and oxygen atoms in total. The van der Waals surface area contributed by atoms with Gasteiger partial charge in [-0.1, -0.05) is 24.3 Å². The van der Waals surface area contributed by atoms with Crippen molar-refractivity contribution in [3.8, 4) is 22.8 Å². The lowest BCUT2D eigenvalue weighted by atomic mass is 9.97. The van der Waals surface area contributed by atoms with Gasteiger partial charge >= 0.3 is 0 Å². The first kappa shape index (κ1) is 20.7. The first-order valence-electron chi connectivity index (χ1n) is 10.4. The molecule has 1 unspecified atom stereocenters. The molecular formula is C24H26N4O3. The highest BCUT2D eigenvalue weighted by Crippen LogP contribution is 2.30. The minimum absolute atomic E-state index is 0.00667. The van der Waals surface area contributed by atoms with Gasteiger partial charge in [0.05, 0.1) is 31.5 Å². The fourth-order valence-electron chi connectivity index (χ4n) is 3.88. The molecule has 4 rings (SSSR count). The van der Waals surface area contributed by atoms with Gasteiger partial charge in [-0.25, -0.2) is 0 Å². The standard InChI is InChI=1S/C24H26N4O3/c1-30-21-11-5-3-9-18(21)19-13-14-23(27-26-19)28-15-7-8-17(16-28)24(29)25-20-10-4-6-12-22(20)31-2/h3-6,9-14,17H,7-8,15-16H2,1-2H3,(H,25,29). The number of nitrogens with one attached hydrogen (secondary N) is 1. The lowest BCUT2D eigenvalue weighted by molar-refractivity contribution is -0.120. The summed E-state index contributed by atoms with van der Waals surface area (Å²) in [6.45, 7) is 1.45. The Morgan fingerprint density at radius 1 is 0.968 bits per heavy atom. The molecule has 1 saturated heterocycles. The van der Waals surface area contributed by atoms with Crippen LogP contribution in [0, 0.1) is 5.92 Å². The van der Waals surface area contributed by atoms with Crippen LogP contribution in [0.4, 0.5) is 11.5 Å². The van der Waals surface area contributed by atoms with Crippen molar-refractivity contribution in [3.63, 3.8) is 0 Å². The number of para-hydroxylation sites is 3. The van der Waals surface area contributed by atoms with E-state index in [9.17, 15) is 4.79 Å². The number of aromatic nitrogens is 2. The largest absolute Gasteiger partial charge is 0.496 e. The Balaban J connectivity index is 1.45. The third-order valence-corrected chi connectivity index (χ3v) is 5.51. The lowest BCUT2D eigenvalue weighted by Gasteiger charge is -2.32. The summed E-state index contributed by atoms with van der Waals surface area (Å²) in [6.07, 6.45) is 1.75. The van der Waals surface area contributed by atoms with Crippen LogP contribution in [-0.2, 0) is 4.79 Å². The second-order valence-corrected chi connectivity index (χ2v) is 7.45. The van der Waals surface area contributed by atoms with Crippen molar-refractivity contribution in [3.05, 3.63) is 60.7 Å². The second kappa shape index (κ2) is 9.47. The highest BCUT2D eigenvalue weighted by molar-refractivity contribution is 5.94. The number of hydrogen-bond donors (Lipinski definition) is 1. The molecular weight excluding hydrogens is 392 g/mol. The molecule has 1 amide bonds. The normalized spacial score (nSPS) is 15.9. The first-order valence-corrected chi connectivity index (χ1v) is 10.4. The summed E-state index contributed by atoms with van der Waals surface area (Å²) in [5.41, 5.74) is 2.34. The zero-order valence-corrected chi connectivity index (χ0v) is 17.7. The fraction of sp³-hybridized carbons (Fsp3) is 0.292. The van der Waals surface area contributed by atoms with Crippen LogP contribution < -0.4 is 19.7 Å². The SMILES string of the molecule is COc1ccccc1NC(=O)C1CCCN(c2ccc(-c3ccccc3OC)nn2)C1. The Hall–Kier alpha value is -3.61. The van der Waals surface area contributed by atoms with Crippen molar-refractivity contribution in [2.24, 2.45) is 5.92 Å². The highest BCUT2D eigenvalue weighted by atomic mass is 16.5. The van der Waals surface area contributed by atoms with Gasteiger partial charge < -0.3 is 19.7 Å². The Labute approximate surface area is 182 Å². The maximum atomic E-state index is 12.9. The van der Waals surface area contributed by atoms with Crippen LogP contribution >= 0.6 is 0 Å². The number of rotatable bonds is 6. The zero-order chi connectivity index (χ0) is 21.6. The van der Waals surface area contributed by atoms with Gasteiger partial charge in [0.2, 0.25) is 5.91 Å². The van der Waals surface area contributed by atoms with Gasteiger partial charge in [0.15, 0.2) is 5.82 Å². The molecule has 2 heterocycles. The molecule has 0 radical (unpaired) electrons. The molecule has 0 spiro atoms. The summed E-state index contributed by atoms with van der Waals surface area (Å²) < 4.78 is 10.8. The predicted octanol–water partition coefficient (Wildman–Crippen LogP) is 4.02. The molecule has 1 aliphatic heterocycles. The Morgan fingerprint density at radius 3 is 2.45 bits per heavy atom. The molecule has 1 atom stereocenters. The summed E-state index contributed by atoms with van der Waals surface area (Å²) >= 11 is 0. The number of nitrogens with zero attached hydrogens (tertiary/aromatic N) is 3. The average Bonchev–Trinajstić information content (AvgIpc) is 2.84. The quantitative estimate of drug-likeness (QED) is 0.652. The molecule has 7 heteroatoms. The molecule has 0 bridgehead atoms. The van der Waals surface area contributed by atoms with Gasteiger partial charge in [0, 0.05) is 18.7 Å². The molecule has 31 heavy (non-hydrogen) atoms. The summed E-state index contributed by atoms with van der Waals surface area (Å²) in [6, 6.07) is 19.1. The van der Waals surface area contributed by atoms with Gasteiger partial charge in [0.25, 0.3) is 0 Å². The van der Waals surface area contributed by atoms with E-state index < -0.39 is 0 Å². The molecule has 1 N–H and O–H groups in total. The van der Waals surface area contributed by atoms with Crippen LogP contribution in [-0.4, -0.2) is 43.4 Å². The number of methoxy groups -OCH3 is 2. The minimum atomic E-state index is -0.130. The zero-order valence-electron chi connectivity index (χ0n) is 17.7. The Bertz CT molecular complexity index is 1040. The molecule has 1 aromatic heterocycles. The summed E-state index contributed by atoms with van der Waals surface area (Å²) in [7, 11) is 3.24. The van der Waals surface area contributed by atoms with Crippen molar-refractivity contribution in [1.82, 2.24) is 10.2 Å². The van der Waals surface area contributed by atoms with Gasteiger partial charge in [-0.15, -0.1) is 10.2 Å². The Morgan fingerprint density at radius 2 is 1.71 bits per heavy atom.